The number of benzene rings is 1. The minimum absolute atomic E-state index is 0.0190. The first-order chi connectivity index (χ1) is 11.4. The van der Waals surface area contributed by atoms with E-state index in [2.05, 4.69) is 20.6 Å². The standard InChI is InChI=1S/C15H17N5O4/c1-9(2)18-13-12(20(22)23)14(17-8-16-13)19-11-7-5-4-6-10(11)15(21)24-3/h4-9H,1-3H3,(H2,16,17,18,19). The van der Waals surface area contributed by atoms with Crippen molar-refractivity contribution in [1.82, 2.24) is 9.97 Å². The van der Waals surface area contributed by atoms with E-state index in [1.165, 1.54) is 13.4 Å². The topological polar surface area (TPSA) is 119 Å². The van der Waals surface area contributed by atoms with E-state index in [1.807, 2.05) is 13.8 Å². The van der Waals surface area contributed by atoms with Crippen molar-refractivity contribution in [2.24, 2.45) is 0 Å². The van der Waals surface area contributed by atoms with Gasteiger partial charge in [-0.1, -0.05) is 12.1 Å². The van der Waals surface area contributed by atoms with E-state index in [4.69, 9.17) is 4.74 Å². The molecule has 0 aliphatic heterocycles. The van der Waals surface area contributed by atoms with Gasteiger partial charge in [-0.3, -0.25) is 10.1 Å². The lowest BCUT2D eigenvalue weighted by Gasteiger charge is -2.13. The second-order valence-electron chi connectivity index (χ2n) is 5.14. The number of nitrogens with zero attached hydrogens (tertiary/aromatic N) is 3. The number of rotatable bonds is 6. The van der Waals surface area contributed by atoms with Gasteiger partial charge in [0, 0.05) is 6.04 Å². The molecule has 0 unspecified atom stereocenters. The molecule has 9 heteroatoms. The number of aromatic nitrogens is 2. The Bertz CT molecular complexity index is 763. The molecule has 24 heavy (non-hydrogen) atoms. The van der Waals surface area contributed by atoms with Crippen molar-refractivity contribution in [2.75, 3.05) is 17.7 Å². The molecule has 1 heterocycles. The zero-order valence-electron chi connectivity index (χ0n) is 13.4. The number of ether oxygens (including phenoxy) is 1. The molecule has 0 bridgehead atoms. The molecular weight excluding hydrogens is 314 g/mol. The molecular formula is C15H17N5O4. The second-order valence-corrected chi connectivity index (χ2v) is 5.14. The van der Waals surface area contributed by atoms with E-state index >= 15 is 0 Å². The first kappa shape index (κ1) is 17.1. The van der Waals surface area contributed by atoms with Crippen LogP contribution in [0.15, 0.2) is 30.6 Å². The molecule has 0 spiro atoms. The fourth-order valence-corrected chi connectivity index (χ4v) is 2.03. The van der Waals surface area contributed by atoms with Crippen molar-refractivity contribution in [3.8, 4) is 0 Å². The van der Waals surface area contributed by atoms with Crippen LogP contribution in [-0.4, -0.2) is 34.0 Å². The van der Waals surface area contributed by atoms with Gasteiger partial charge in [0.25, 0.3) is 0 Å². The minimum Gasteiger partial charge on any atom is -0.465 e. The van der Waals surface area contributed by atoms with Crippen molar-refractivity contribution in [1.29, 1.82) is 0 Å². The monoisotopic (exact) mass is 331 g/mol. The number of esters is 1. The van der Waals surface area contributed by atoms with Gasteiger partial charge in [-0.15, -0.1) is 0 Å². The summed E-state index contributed by atoms with van der Waals surface area (Å²) in [5.74, 6) is -0.479. The smallest absolute Gasteiger partial charge is 0.353 e. The largest absolute Gasteiger partial charge is 0.465 e. The third-order valence-electron chi connectivity index (χ3n) is 3.02. The van der Waals surface area contributed by atoms with Gasteiger partial charge in [0.1, 0.15) is 6.33 Å². The molecule has 9 nitrogen and oxygen atoms in total. The zero-order valence-corrected chi connectivity index (χ0v) is 13.4. The molecule has 0 amide bonds. The number of hydrogen-bond donors (Lipinski definition) is 2. The van der Waals surface area contributed by atoms with Crippen LogP contribution >= 0.6 is 0 Å². The number of anilines is 3. The summed E-state index contributed by atoms with van der Waals surface area (Å²) in [5.41, 5.74) is 0.291. The van der Waals surface area contributed by atoms with Crippen LogP contribution in [0.25, 0.3) is 0 Å². The first-order valence-corrected chi connectivity index (χ1v) is 7.14. The minimum atomic E-state index is -0.576. The van der Waals surface area contributed by atoms with E-state index in [-0.39, 0.29) is 28.9 Å². The molecule has 0 aliphatic carbocycles. The molecule has 1 aromatic heterocycles. The summed E-state index contributed by atoms with van der Waals surface area (Å²) in [6.07, 6.45) is 1.21. The van der Waals surface area contributed by atoms with E-state index in [1.54, 1.807) is 24.3 Å². The molecule has 2 N–H and O–H groups in total. The van der Waals surface area contributed by atoms with Gasteiger partial charge in [0.05, 0.1) is 23.3 Å². The van der Waals surface area contributed by atoms with E-state index in [0.717, 1.165) is 0 Å². The van der Waals surface area contributed by atoms with Crippen LogP contribution in [0.3, 0.4) is 0 Å². The Morgan fingerprint density at radius 1 is 1.25 bits per heavy atom. The number of nitrogens with one attached hydrogen (secondary N) is 2. The highest BCUT2D eigenvalue weighted by molar-refractivity contribution is 5.96. The summed E-state index contributed by atoms with van der Waals surface area (Å²) in [7, 11) is 1.26. The Morgan fingerprint density at radius 3 is 2.54 bits per heavy atom. The third-order valence-corrected chi connectivity index (χ3v) is 3.02. The Morgan fingerprint density at radius 2 is 1.92 bits per heavy atom. The highest BCUT2D eigenvalue weighted by Crippen LogP contribution is 2.32. The number of carbonyl (C=O) groups is 1. The summed E-state index contributed by atoms with van der Waals surface area (Å²) in [4.78, 5) is 30.5. The number of para-hydroxylation sites is 1. The van der Waals surface area contributed by atoms with E-state index in [9.17, 15) is 14.9 Å². The second kappa shape index (κ2) is 7.36. The normalized spacial score (nSPS) is 10.3. The fraction of sp³-hybridized carbons (Fsp3) is 0.267. The lowest BCUT2D eigenvalue weighted by Crippen LogP contribution is -2.14. The molecule has 2 rings (SSSR count). The van der Waals surface area contributed by atoms with Crippen LogP contribution in [0, 0.1) is 10.1 Å². The average molecular weight is 331 g/mol. The number of carbonyl (C=O) groups excluding carboxylic acids is 1. The number of methoxy groups -OCH3 is 1. The summed E-state index contributed by atoms with van der Waals surface area (Å²) in [6, 6.07) is 6.46. The predicted molar refractivity (Wildman–Crippen MR) is 88.5 cm³/mol. The summed E-state index contributed by atoms with van der Waals surface area (Å²) in [6.45, 7) is 3.68. The van der Waals surface area contributed by atoms with Crippen LogP contribution in [-0.2, 0) is 4.74 Å². The molecule has 0 atom stereocenters. The van der Waals surface area contributed by atoms with Crippen molar-refractivity contribution in [2.45, 2.75) is 19.9 Å². The SMILES string of the molecule is COC(=O)c1ccccc1Nc1ncnc(NC(C)C)c1[N+](=O)[O-]. The van der Waals surface area contributed by atoms with Gasteiger partial charge >= 0.3 is 11.7 Å². The van der Waals surface area contributed by atoms with Crippen LogP contribution < -0.4 is 10.6 Å². The maximum absolute atomic E-state index is 11.8. The maximum atomic E-state index is 11.8. The summed E-state index contributed by atoms with van der Waals surface area (Å²) in [5, 5.41) is 17.2. The Labute approximate surface area is 138 Å². The molecule has 126 valence electrons. The van der Waals surface area contributed by atoms with Gasteiger partial charge < -0.3 is 15.4 Å². The first-order valence-electron chi connectivity index (χ1n) is 7.14. The van der Waals surface area contributed by atoms with Crippen LogP contribution in [0.5, 0.6) is 0 Å². The van der Waals surface area contributed by atoms with Crippen molar-refractivity contribution < 1.29 is 14.5 Å². The van der Waals surface area contributed by atoms with Gasteiger partial charge in [-0.25, -0.2) is 14.8 Å². The quantitative estimate of drug-likeness (QED) is 0.471. The predicted octanol–water partition coefficient (Wildman–Crippen LogP) is 2.74. The Hall–Kier alpha value is -3.23. The molecule has 1 aromatic carbocycles. The average Bonchev–Trinajstić information content (AvgIpc) is 2.54. The van der Waals surface area contributed by atoms with Crippen molar-refractivity contribution in [3.63, 3.8) is 0 Å². The Balaban J connectivity index is 2.47. The third kappa shape index (κ3) is 3.75. The molecule has 0 saturated heterocycles. The highest BCUT2D eigenvalue weighted by atomic mass is 16.6. The van der Waals surface area contributed by atoms with Crippen molar-refractivity contribution >= 4 is 29.0 Å². The molecule has 0 fully saturated rings. The molecule has 0 radical (unpaired) electrons. The van der Waals surface area contributed by atoms with Gasteiger partial charge in [0.2, 0.25) is 11.6 Å². The van der Waals surface area contributed by atoms with Crippen molar-refractivity contribution in [3.05, 3.63) is 46.3 Å². The van der Waals surface area contributed by atoms with E-state index in [0.29, 0.717) is 5.69 Å². The van der Waals surface area contributed by atoms with Crippen LogP contribution in [0.2, 0.25) is 0 Å². The van der Waals surface area contributed by atoms with Crippen LogP contribution in [0.1, 0.15) is 24.2 Å². The van der Waals surface area contributed by atoms with Crippen LogP contribution in [0.4, 0.5) is 23.0 Å². The highest BCUT2D eigenvalue weighted by Gasteiger charge is 2.24. The fourth-order valence-electron chi connectivity index (χ4n) is 2.03. The lowest BCUT2D eigenvalue weighted by atomic mass is 10.2. The summed E-state index contributed by atoms with van der Waals surface area (Å²) < 4.78 is 4.71. The van der Waals surface area contributed by atoms with Gasteiger partial charge in [-0.2, -0.15) is 0 Å². The van der Waals surface area contributed by atoms with Gasteiger partial charge in [0.15, 0.2) is 0 Å². The zero-order chi connectivity index (χ0) is 17.7. The molecule has 2 aromatic rings. The van der Waals surface area contributed by atoms with E-state index < -0.39 is 10.9 Å². The number of nitro groups is 1. The summed E-state index contributed by atoms with van der Waals surface area (Å²) >= 11 is 0. The Kier molecular flexibility index (Phi) is 5.25. The number of hydrogen-bond acceptors (Lipinski definition) is 8. The molecule has 0 saturated carbocycles. The maximum Gasteiger partial charge on any atom is 0.353 e. The molecule has 0 aliphatic rings. The van der Waals surface area contributed by atoms with Gasteiger partial charge in [-0.05, 0) is 26.0 Å². The lowest BCUT2D eigenvalue weighted by molar-refractivity contribution is -0.383.